The number of fused-ring (bicyclic) bond motifs is 5. The summed E-state index contributed by atoms with van der Waals surface area (Å²) in [6, 6.07) is 0.415. The molecule has 1 aliphatic heterocycles. The topological polar surface area (TPSA) is 61.4 Å². The Bertz CT molecular complexity index is 542. The predicted octanol–water partition coefficient (Wildman–Crippen LogP) is 3.72. The van der Waals surface area contributed by atoms with E-state index in [4.69, 9.17) is 5.11 Å². The normalized spacial score (nSPS) is 48.4. The van der Waals surface area contributed by atoms with Crippen molar-refractivity contribution in [2.75, 3.05) is 20.2 Å². The zero-order valence-electron chi connectivity index (χ0n) is 17.6. The Kier molecular flexibility index (Phi) is 6.64. The minimum absolute atomic E-state index is 0.0170. The van der Waals surface area contributed by atoms with Crippen LogP contribution in [0.2, 0.25) is 0 Å². The molecule has 1 saturated heterocycles. The summed E-state index contributed by atoms with van der Waals surface area (Å²) in [4.78, 5) is 12.1. The van der Waals surface area contributed by atoms with E-state index in [1.54, 1.807) is 7.05 Å². The van der Waals surface area contributed by atoms with Gasteiger partial charge in [0.15, 0.2) is 0 Å². The first kappa shape index (κ1) is 21.6. The van der Waals surface area contributed by atoms with Gasteiger partial charge in [-0.15, -0.1) is 0 Å². The van der Waals surface area contributed by atoms with E-state index in [2.05, 4.69) is 47.3 Å². The molecule has 4 rings (SSSR count). The van der Waals surface area contributed by atoms with Crippen LogP contribution in [-0.2, 0) is 4.79 Å². The molecule has 1 heterocycles. The molecular formula is C22H39BrN2O2. The van der Waals surface area contributed by atoms with Crippen LogP contribution in [0.4, 0.5) is 0 Å². The number of aliphatic hydroxyl groups excluding tert-OH is 1. The van der Waals surface area contributed by atoms with Crippen molar-refractivity contribution in [3.05, 3.63) is 0 Å². The number of amides is 1. The quantitative estimate of drug-likeness (QED) is 0.571. The average Bonchev–Trinajstić information content (AvgIpc) is 2.93. The molecule has 4 aliphatic rings. The molecule has 4 nitrogen and oxygen atoms in total. The van der Waals surface area contributed by atoms with E-state index >= 15 is 0 Å². The fourth-order valence-corrected chi connectivity index (χ4v) is 7.93. The second-order valence-corrected chi connectivity index (χ2v) is 11.1. The Morgan fingerprint density at radius 2 is 1.85 bits per heavy atom. The van der Waals surface area contributed by atoms with Crippen LogP contribution in [0.15, 0.2) is 0 Å². The summed E-state index contributed by atoms with van der Waals surface area (Å²) in [5.41, 5.74) is 0.897. The predicted molar refractivity (Wildman–Crippen MR) is 114 cm³/mol. The maximum atomic E-state index is 12.1. The van der Waals surface area contributed by atoms with Crippen molar-refractivity contribution in [2.24, 2.45) is 34.5 Å². The van der Waals surface area contributed by atoms with Gasteiger partial charge in [0.05, 0.1) is 11.4 Å². The van der Waals surface area contributed by atoms with Gasteiger partial charge in [-0.05, 0) is 86.5 Å². The molecule has 3 aliphatic carbocycles. The van der Waals surface area contributed by atoms with Gasteiger partial charge in [-0.1, -0.05) is 36.7 Å². The summed E-state index contributed by atoms with van der Waals surface area (Å²) in [5, 5.41) is 14.1. The fraction of sp³-hybridized carbons (Fsp3) is 0.955. The number of carbonyl (C=O) groups is 1. The second kappa shape index (κ2) is 8.31. The van der Waals surface area contributed by atoms with E-state index < -0.39 is 0 Å². The summed E-state index contributed by atoms with van der Waals surface area (Å²) in [6.07, 6.45) is 9.23. The SMILES string of the molecule is CC1CCC2C3CCC4NC(=O)C(Br)CC4(C)C3CCC12C.CNCCO. The van der Waals surface area contributed by atoms with Crippen molar-refractivity contribution in [1.29, 1.82) is 0 Å². The van der Waals surface area contributed by atoms with Crippen LogP contribution in [0.25, 0.3) is 0 Å². The van der Waals surface area contributed by atoms with Crippen molar-refractivity contribution in [3.8, 4) is 0 Å². The lowest BCUT2D eigenvalue weighted by molar-refractivity contribution is -0.135. The molecule has 0 aromatic carbocycles. The first-order valence-corrected chi connectivity index (χ1v) is 11.9. The fourth-order valence-electron chi connectivity index (χ4n) is 7.10. The maximum absolute atomic E-state index is 12.1. The molecule has 0 bridgehead atoms. The Morgan fingerprint density at radius 3 is 2.48 bits per heavy atom. The lowest BCUT2D eigenvalue weighted by Gasteiger charge is -2.60. The third kappa shape index (κ3) is 3.73. The summed E-state index contributed by atoms with van der Waals surface area (Å²) >= 11 is 3.63. The maximum Gasteiger partial charge on any atom is 0.234 e. The minimum Gasteiger partial charge on any atom is -0.395 e. The molecule has 3 saturated carbocycles. The zero-order chi connectivity index (χ0) is 19.8. The Hall–Kier alpha value is -0.130. The Morgan fingerprint density at radius 1 is 1.15 bits per heavy atom. The molecule has 1 amide bonds. The molecule has 8 atom stereocenters. The molecule has 156 valence electrons. The summed E-state index contributed by atoms with van der Waals surface area (Å²) in [6.45, 7) is 8.47. The van der Waals surface area contributed by atoms with Crippen LogP contribution in [0, 0.1) is 34.5 Å². The highest BCUT2D eigenvalue weighted by molar-refractivity contribution is 9.10. The van der Waals surface area contributed by atoms with E-state index in [9.17, 15) is 4.79 Å². The molecule has 0 radical (unpaired) electrons. The van der Waals surface area contributed by atoms with Crippen molar-refractivity contribution in [3.63, 3.8) is 0 Å². The van der Waals surface area contributed by atoms with Crippen LogP contribution in [-0.4, -0.2) is 42.1 Å². The number of hydrogen-bond acceptors (Lipinski definition) is 3. The molecule has 0 spiro atoms. The van der Waals surface area contributed by atoms with Gasteiger partial charge in [0, 0.05) is 12.6 Å². The molecule has 3 N–H and O–H groups in total. The van der Waals surface area contributed by atoms with Gasteiger partial charge < -0.3 is 15.7 Å². The smallest absolute Gasteiger partial charge is 0.234 e. The van der Waals surface area contributed by atoms with E-state index in [1.807, 2.05) is 0 Å². The third-order valence-electron chi connectivity index (χ3n) is 8.92. The van der Waals surface area contributed by atoms with Crippen LogP contribution in [0.1, 0.15) is 65.7 Å². The van der Waals surface area contributed by atoms with Crippen LogP contribution < -0.4 is 10.6 Å². The Labute approximate surface area is 173 Å². The first-order valence-electron chi connectivity index (χ1n) is 11.0. The molecule has 8 unspecified atom stereocenters. The first-order chi connectivity index (χ1) is 12.8. The average molecular weight is 443 g/mol. The standard InChI is InChI=1S/C19H30BrNO.C3H9NO/c1-11-4-6-13-12-5-7-16-19(3,10-15(20)17(22)21-16)14(12)8-9-18(11,13)2;1-4-2-3-5/h11-16H,4-10H2,1-3H3,(H,21,22);4-5H,2-3H2,1H3. The van der Waals surface area contributed by atoms with Gasteiger partial charge >= 0.3 is 0 Å². The number of hydrogen-bond donors (Lipinski definition) is 3. The number of nitrogens with one attached hydrogen (secondary N) is 2. The highest BCUT2D eigenvalue weighted by Gasteiger charge is 2.60. The molecule has 5 heteroatoms. The number of carbonyl (C=O) groups excluding carboxylic acids is 1. The number of halogens is 1. The third-order valence-corrected chi connectivity index (χ3v) is 9.66. The van der Waals surface area contributed by atoms with E-state index in [-0.39, 0.29) is 17.3 Å². The Balaban J connectivity index is 0.000000376. The number of piperidine rings is 1. The van der Waals surface area contributed by atoms with Crippen molar-refractivity contribution in [2.45, 2.75) is 76.6 Å². The van der Waals surface area contributed by atoms with Gasteiger partial charge in [-0.2, -0.15) is 0 Å². The van der Waals surface area contributed by atoms with Crippen molar-refractivity contribution >= 4 is 21.8 Å². The second-order valence-electron chi connectivity index (χ2n) is 10.0. The lowest BCUT2D eigenvalue weighted by atomic mass is 9.47. The number of aliphatic hydroxyl groups is 1. The summed E-state index contributed by atoms with van der Waals surface area (Å²) < 4.78 is 0. The molecular weight excluding hydrogens is 404 g/mol. The van der Waals surface area contributed by atoms with Crippen LogP contribution in [0.3, 0.4) is 0 Å². The zero-order valence-corrected chi connectivity index (χ0v) is 19.1. The number of likely N-dealkylation sites (N-methyl/N-ethyl adjacent to an activating group) is 1. The molecule has 0 aromatic heterocycles. The van der Waals surface area contributed by atoms with E-state index in [0.29, 0.717) is 23.4 Å². The van der Waals surface area contributed by atoms with Gasteiger partial charge in [0.2, 0.25) is 5.91 Å². The summed E-state index contributed by atoms with van der Waals surface area (Å²) in [5.74, 6) is 3.77. The van der Waals surface area contributed by atoms with Gasteiger partial charge in [-0.3, -0.25) is 4.79 Å². The number of alkyl halides is 1. The molecule has 0 aromatic rings. The number of rotatable bonds is 2. The van der Waals surface area contributed by atoms with Crippen molar-refractivity contribution < 1.29 is 9.90 Å². The molecule has 4 fully saturated rings. The van der Waals surface area contributed by atoms with E-state index in [0.717, 1.165) is 30.1 Å². The minimum atomic E-state index is 0.0170. The monoisotopic (exact) mass is 442 g/mol. The summed E-state index contributed by atoms with van der Waals surface area (Å²) in [7, 11) is 1.80. The van der Waals surface area contributed by atoms with Gasteiger partial charge in [-0.25, -0.2) is 0 Å². The largest absolute Gasteiger partial charge is 0.395 e. The van der Waals surface area contributed by atoms with Crippen LogP contribution in [0.5, 0.6) is 0 Å². The lowest BCUT2D eigenvalue weighted by Crippen LogP contribution is -2.63. The van der Waals surface area contributed by atoms with Crippen LogP contribution >= 0.6 is 15.9 Å². The molecule has 27 heavy (non-hydrogen) atoms. The van der Waals surface area contributed by atoms with Crippen molar-refractivity contribution in [1.82, 2.24) is 10.6 Å². The highest BCUT2D eigenvalue weighted by atomic mass is 79.9. The highest BCUT2D eigenvalue weighted by Crippen LogP contribution is 2.65. The van der Waals surface area contributed by atoms with E-state index in [1.165, 1.54) is 38.5 Å². The van der Waals surface area contributed by atoms with Gasteiger partial charge in [0.1, 0.15) is 0 Å². The van der Waals surface area contributed by atoms with Gasteiger partial charge in [0.25, 0.3) is 0 Å².